The van der Waals surface area contributed by atoms with E-state index < -0.39 is 11.4 Å². The van der Waals surface area contributed by atoms with Gasteiger partial charge in [-0.3, -0.25) is 4.79 Å². The molecule has 0 saturated heterocycles. The highest BCUT2D eigenvalue weighted by atomic mass is 79.9. The third-order valence-electron chi connectivity index (χ3n) is 3.22. The number of thiazole rings is 1. The first kappa shape index (κ1) is 11.9. The fourth-order valence-electron chi connectivity index (χ4n) is 1.93. The first-order valence-corrected chi connectivity index (χ1v) is 7.25. The molecule has 1 saturated carbocycles. The molecule has 3 nitrogen and oxygen atoms in total. The van der Waals surface area contributed by atoms with E-state index >= 15 is 0 Å². The molecule has 1 aromatic carbocycles. The fraction of sp³-hybridized carbons (Fsp3) is 0.231. The highest BCUT2D eigenvalue weighted by Crippen LogP contribution is 2.50. The molecule has 0 bridgehead atoms. The van der Waals surface area contributed by atoms with E-state index in [-0.39, 0.29) is 0 Å². The van der Waals surface area contributed by atoms with Crippen LogP contribution in [0.1, 0.15) is 17.8 Å². The third-order valence-corrected chi connectivity index (χ3v) is 4.96. The molecular formula is C13H10BrNO2S. The van der Waals surface area contributed by atoms with Gasteiger partial charge in [-0.2, -0.15) is 0 Å². The van der Waals surface area contributed by atoms with Gasteiger partial charge in [0, 0.05) is 15.4 Å². The van der Waals surface area contributed by atoms with Crippen molar-refractivity contribution in [3.8, 4) is 11.3 Å². The summed E-state index contributed by atoms with van der Waals surface area (Å²) in [7, 11) is 0. The van der Waals surface area contributed by atoms with Crippen molar-refractivity contribution in [2.45, 2.75) is 18.3 Å². The van der Waals surface area contributed by atoms with E-state index in [4.69, 9.17) is 0 Å². The average Bonchev–Trinajstić information content (AvgIpc) is 3.03. The lowest BCUT2D eigenvalue weighted by Gasteiger charge is -2.04. The van der Waals surface area contributed by atoms with Crippen LogP contribution in [-0.4, -0.2) is 16.1 Å². The molecule has 1 aliphatic carbocycles. The van der Waals surface area contributed by atoms with Gasteiger partial charge in [-0.15, -0.1) is 11.3 Å². The Bertz CT molecular complexity index is 619. The number of aromatic nitrogens is 1. The van der Waals surface area contributed by atoms with Gasteiger partial charge >= 0.3 is 5.97 Å². The number of hydrogen-bond acceptors (Lipinski definition) is 3. The largest absolute Gasteiger partial charge is 0.481 e. The first-order chi connectivity index (χ1) is 8.63. The minimum absolute atomic E-state index is 0.700. The predicted octanol–water partition coefficient (Wildman–Crippen LogP) is 3.69. The van der Waals surface area contributed by atoms with E-state index in [1.807, 2.05) is 29.6 Å². The second kappa shape index (κ2) is 4.17. The predicted molar refractivity (Wildman–Crippen MR) is 73.8 cm³/mol. The van der Waals surface area contributed by atoms with E-state index in [1.165, 1.54) is 11.3 Å². The van der Waals surface area contributed by atoms with Crippen LogP contribution >= 0.6 is 27.3 Å². The number of carbonyl (C=O) groups is 1. The van der Waals surface area contributed by atoms with E-state index in [9.17, 15) is 9.90 Å². The van der Waals surface area contributed by atoms with Crippen molar-refractivity contribution >= 4 is 33.2 Å². The summed E-state index contributed by atoms with van der Waals surface area (Å²) in [4.78, 5) is 15.8. The maximum absolute atomic E-state index is 11.3. The Morgan fingerprint density at radius 3 is 2.72 bits per heavy atom. The lowest BCUT2D eigenvalue weighted by molar-refractivity contribution is -0.140. The highest BCUT2D eigenvalue weighted by molar-refractivity contribution is 9.10. The molecule has 0 unspecified atom stereocenters. The Kier molecular flexibility index (Phi) is 2.75. The van der Waals surface area contributed by atoms with Crippen LogP contribution in [0.5, 0.6) is 0 Å². The van der Waals surface area contributed by atoms with Crippen LogP contribution in [0.25, 0.3) is 11.3 Å². The van der Waals surface area contributed by atoms with Gasteiger partial charge < -0.3 is 5.11 Å². The number of carboxylic acid groups (broad SMARTS) is 1. The quantitative estimate of drug-likeness (QED) is 0.937. The number of halogens is 1. The Labute approximate surface area is 117 Å². The molecule has 0 radical (unpaired) electrons. The summed E-state index contributed by atoms with van der Waals surface area (Å²) in [6, 6.07) is 7.82. The molecule has 18 heavy (non-hydrogen) atoms. The minimum atomic E-state index is -0.754. The number of nitrogens with zero attached hydrogens (tertiary/aromatic N) is 1. The van der Waals surface area contributed by atoms with E-state index in [2.05, 4.69) is 20.9 Å². The van der Waals surface area contributed by atoms with E-state index in [0.717, 1.165) is 20.7 Å². The second-order valence-corrected chi connectivity index (χ2v) is 6.12. The normalized spacial score (nSPS) is 16.5. The summed E-state index contributed by atoms with van der Waals surface area (Å²) in [5.74, 6) is -0.754. The molecular weight excluding hydrogens is 314 g/mol. The number of aliphatic carboxylic acids is 1. The van der Waals surface area contributed by atoms with Crippen LogP contribution in [-0.2, 0) is 10.2 Å². The van der Waals surface area contributed by atoms with Crippen molar-refractivity contribution in [2.75, 3.05) is 0 Å². The standard InChI is InChI=1S/C13H10BrNO2S/c14-9-4-2-1-3-8(9)10-7-18-11(15-10)13(5-6-13)12(16)17/h1-4,7H,5-6H2,(H,16,17). The summed E-state index contributed by atoms with van der Waals surface area (Å²) in [5, 5.41) is 11.9. The summed E-state index contributed by atoms with van der Waals surface area (Å²) < 4.78 is 0.974. The minimum Gasteiger partial charge on any atom is -0.481 e. The van der Waals surface area contributed by atoms with E-state index in [0.29, 0.717) is 12.8 Å². The van der Waals surface area contributed by atoms with Crippen molar-refractivity contribution in [1.82, 2.24) is 4.98 Å². The third kappa shape index (κ3) is 1.78. The number of benzene rings is 1. The molecule has 0 atom stereocenters. The Hall–Kier alpha value is -1.20. The number of hydrogen-bond donors (Lipinski definition) is 1. The maximum atomic E-state index is 11.3. The topological polar surface area (TPSA) is 50.2 Å². The van der Waals surface area contributed by atoms with Gasteiger partial charge in [0.15, 0.2) is 0 Å². The zero-order chi connectivity index (χ0) is 12.8. The number of carboxylic acids is 1. The van der Waals surface area contributed by atoms with Crippen LogP contribution in [0.15, 0.2) is 34.1 Å². The van der Waals surface area contributed by atoms with Crippen molar-refractivity contribution in [3.05, 3.63) is 39.1 Å². The Morgan fingerprint density at radius 2 is 2.11 bits per heavy atom. The molecule has 1 aromatic heterocycles. The molecule has 1 aliphatic rings. The average molecular weight is 324 g/mol. The Balaban J connectivity index is 2.01. The smallest absolute Gasteiger partial charge is 0.316 e. The van der Waals surface area contributed by atoms with Gasteiger partial charge in [-0.05, 0) is 18.9 Å². The molecule has 1 fully saturated rings. The molecule has 5 heteroatoms. The van der Waals surface area contributed by atoms with Gasteiger partial charge in [-0.1, -0.05) is 34.1 Å². The van der Waals surface area contributed by atoms with Gasteiger partial charge in [0.2, 0.25) is 0 Å². The Morgan fingerprint density at radius 1 is 1.39 bits per heavy atom. The molecule has 92 valence electrons. The molecule has 3 rings (SSSR count). The molecule has 0 spiro atoms. The molecule has 0 amide bonds. The summed E-state index contributed by atoms with van der Waals surface area (Å²) in [6.45, 7) is 0. The van der Waals surface area contributed by atoms with Crippen LogP contribution in [0.3, 0.4) is 0 Å². The van der Waals surface area contributed by atoms with Crippen molar-refractivity contribution < 1.29 is 9.90 Å². The van der Waals surface area contributed by atoms with Gasteiger partial charge in [0.1, 0.15) is 10.4 Å². The van der Waals surface area contributed by atoms with Crippen molar-refractivity contribution in [2.24, 2.45) is 0 Å². The summed E-state index contributed by atoms with van der Waals surface area (Å²) in [6.07, 6.45) is 1.40. The second-order valence-electron chi connectivity index (χ2n) is 4.41. The zero-order valence-corrected chi connectivity index (χ0v) is 11.8. The summed E-state index contributed by atoms with van der Waals surface area (Å²) >= 11 is 4.92. The highest BCUT2D eigenvalue weighted by Gasteiger charge is 2.54. The summed E-state index contributed by atoms with van der Waals surface area (Å²) in [5.41, 5.74) is 1.14. The lowest BCUT2D eigenvalue weighted by atomic mass is 10.1. The van der Waals surface area contributed by atoms with Gasteiger partial charge in [-0.25, -0.2) is 4.98 Å². The van der Waals surface area contributed by atoms with Crippen molar-refractivity contribution in [3.63, 3.8) is 0 Å². The maximum Gasteiger partial charge on any atom is 0.316 e. The van der Waals surface area contributed by atoms with Gasteiger partial charge in [0.05, 0.1) is 5.69 Å². The SMILES string of the molecule is O=C(O)C1(c2nc(-c3ccccc3Br)cs2)CC1. The zero-order valence-electron chi connectivity index (χ0n) is 9.39. The number of rotatable bonds is 3. The van der Waals surface area contributed by atoms with Crippen LogP contribution in [0.2, 0.25) is 0 Å². The van der Waals surface area contributed by atoms with Gasteiger partial charge in [0.25, 0.3) is 0 Å². The fourth-order valence-corrected chi connectivity index (χ4v) is 3.49. The first-order valence-electron chi connectivity index (χ1n) is 5.58. The van der Waals surface area contributed by atoms with Crippen LogP contribution < -0.4 is 0 Å². The van der Waals surface area contributed by atoms with Crippen LogP contribution in [0.4, 0.5) is 0 Å². The molecule has 1 heterocycles. The molecule has 0 aliphatic heterocycles. The monoisotopic (exact) mass is 323 g/mol. The molecule has 1 N–H and O–H groups in total. The lowest BCUT2D eigenvalue weighted by Crippen LogP contribution is -2.19. The van der Waals surface area contributed by atoms with Crippen molar-refractivity contribution in [1.29, 1.82) is 0 Å². The van der Waals surface area contributed by atoms with Crippen LogP contribution in [0, 0.1) is 0 Å². The molecule has 2 aromatic rings. The van der Waals surface area contributed by atoms with E-state index in [1.54, 1.807) is 0 Å².